The maximum atomic E-state index is 13.1. The molecule has 4 nitrogen and oxygen atoms in total. The summed E-state index contributed by atoms with van der Waals surface area (Å²) in [5.74, 6) is -0.294. The highest BCUT2D eigenvalue weighted by molar-refractivity contribution is 9.10. The van der Waals surface area contributed by atoms with E-state index >= 15 is 0 Å². The first kappa shape index (κ1) is 21.5. The molecular formula is C17H13BrClF3N2O2S. The second kappa shape index (κ2) is 8.45. The highest BCUT2D eigenvalue weighted by Crippen LogP contribution is 2.36. The summed E-state index contributed by atoms with van der Waals surface area (Å²) >= 11 is 13.9. The Morgan fingerprint density at radius 3 is 2.52 bits per heavy atom. The van der Waals surface area contributed by atoms with Crippen LogP contribution in [0.4, 0.5) is 18.9 Å². The molecule has 2 aromatic carbocycles. The molecule has 2 N–H and O–H groups in total. The summed E-state index contributed by atoms with van der Waals surface area (Å²) in [5, 5.41) is 4.36. The first-order chi connectivity index (χ1) is 12.5. The normalized spacial score (nSPS) is 11.1. The number of hydrogen-bond donors (Lipinski definition) is 2. The third kappa shape index (κ3) is 5.33. The molecule has 0 heterocycles. The van der Waals surface area contributed by atoms with Gasteiger partial charge in [0.05, 0.1) is 23.9 Å². The smallest absolute Gasteiger partial charge is 0.418 e. The average Bonchev–Trinajstić information content (AvgIpc) is 2.54. The molecule has 144 valence electrons. The molecule has 2 aromatic rings. The largest absolute Gasteiger partial charge is 0.496 e. The lowest BCUT2D eigenvalue weighted by molar-refractivity contribution is -0.136. The fourth-order valence-corrected chi connectivity index (χ4v) is 3.30. The summed E-state index contributed by atoms with van der Waals surface area (Å²) in [7, 11) is 1.41. The number of thiocarbonyl (C=S) groups is 1. The van der Waals surface area contributed by atoms with Crippen LogP contribution in [0.3, 0.4) is 0 Å². The van der Waals surface area contributed by atoms with Gasteiger partial charge in [-0.05, 0) is 55.0 Å². The number of amides is 1. The molecule has 27 heavy (non-hydrogen) atoms. The van der Waals surface area contributed by atoms with Crippen molar-refractivity contribution < 1.29 is 22.7 Å². The number of methoxy groups -OCH3 is 1. The number of rotatable bonds is 3. The van der Waals surface area contributed by atoms with Gasteiger partial charge in [-0.3, -0.25) is 10.1 Å². The Labute approximate surface area is 172 Å². The van der Waals surface area contributed by atoms with Crippen LogP contribution in [0, 0.1) is 6.92 Å². The van der Waals surface area contributed by atoms with Crippen molar-refractivity contribution in [1.29, 1.82) is 0 Å². The van der Waals surface area contributed by atoms with Gasteiger partial charge < -0.3 is 10.1 Å². The van der Waals surface area contributed by atoms with Crippen LogP contribution in [-0.2, 0) is 6.18 Å². The predicted molar refractivity (Wildman–Crippen MR) is 106 cm³/mol. The van der Waals surface area contributed by atoms with E-state index in [9.17, 15) is 18.0 Å². The molecule has 0 aliphatic rings. The van der Waals surface area contributed by atoms with Gasteiger partial charge in [0.25, 0.3) is 5.91 Å². The van der Waals surface area contributed by atoms with Gasteiger partial charge in [0, 0.05) is 9.50 Å². The molecule has 0 aliphatic carbocycles. The lowest BCUT2D eigenvalue weighted by Gasteiger charge is -2.17. The van der Waals surface area contributed by atoms with Crippen molar-refractivity contribution >= 4 is 56.5 Å². The highest BCUT2D eigenvalue weighted by atomic mass is 79.9. The molecule has 1 amide bonds. The van der Waals surface area contributed by atoms with E-state index in [1.54, 1.807) is 13.0 Å². The maximum Gasteiger partial charge on any atom is 0.418 e. The number of ether oxygens (including phenoxy) is 1. The fraction of sp³-hybridized carbons (Fsp3) is 0.176. The summed E-state index contributed by atoms with van der Waals surface area (Å²) < 4.78 is 45.3. The quantitative estimate of drug-likeness (QED) is 0.563. The van der Waals surface area contributed by atoms with Gasteiger partial charge in [-0.1, -0.05) is 27.5 Å². The van der Waals surface area contributed by atoms with E-state index in [4.69, 9.17) is 28.6 Å². The SMILES string of the molecule is COc1c(C)cc(Br)cc1C(=O)NC(=S)Nc1ccc(Cl)cc1C(F)(F)F. The monoisotopic (exact) mass is 480 g/mol. The maximum absolute atomic E-state index is 13.1. The van der Waals surface area contributed by atoms with Crippen LogP contribution < -0.4 is 15.4 Å². The average molecular weight is 482 g/mol. The minimum absolute atomic E-state index is 0.0721. The molecule has 0 spiro atoms. The van der Waals surface area contributed by atoms with Crippen LogP contribution in [-0.4, -0.2) is 18.1 Å². The Kier molecular flexibility index (Phi) is 6.72. The molecule has 0 bridgehead atoms. The van der Waals surface area contributed by atoms with Gasteiger partial charge in [-0.2, -0.15) is 13.2 Å². The van der Waals surface area contributed by atoms with Crippen LogP contribution in [0.5, 0.6) is 5.75 Å². The summed E-state index contributed by atoms with van der Waals surface area (Å²) in [6.07, 6.45) is -4.64. The van der Waals surface area contributed by atoms with Crippen molar-refractivity contribution in [3.05, 3.63) is 56.5 Å². The van der Waals surface area contributed by atoms with Crippen molar-refractivity contribution in [2.24, 2.45) is 0 Å². The molecule has 0 atom stereocenters. The Morgan fingerprint density at radius 2 is 1.93 bits per heavy atom. The fourth-order valence-electron chi connectivity index (χ4n) is 2.35. The zero-order valence-corrected chi connectivity index (χ0v) is 17.2. The summed E-state index contributed by atoms with van der Waals surface area (Å²) in [6, 6.07) is 6.47. The molecule has 2 rings (SSSR count). The van der Waals surface area contributed by atoms with Crippen LogP contribution in [0.1, 0.15) is 21.5 Å². The van der Waals surface area contributed by atoms with E-state index in [1.165, 1.54) is 19.2 Å². The third-order valence-electron chi connectivity index (χ3n) is 3.45. The van der Waals surface area contributed by atoms with E-state index in [1.807, 2.05) is 0 Å². The van der Waals surface area contributed by atoms with Crippen LogP contribution in [0.15, 0.2) is 34.8 Å². The predicted octanol–water partition coefficient (Wildman–Crippen LogP) is 5.57. The van der Waals surface area contributed by atoms with Gasteiger partial charge in [0.15, 0.2) is 5.11 Å². The van der Waals surface area contributed by atoms with Gasteiger partial charge in [-0.25, -0.2) is 0 Å². The molecule has 0 radical (unpaired) electrons. The van der Waals surface area contributed by atoms with Gasteiger partial charge in [-0.15, -0.1) is 0 Å². The number of hydrogen-bond acceptors (Lipinski definition) is 3. The Hall–Kier alpha value is -1.84. The Bertz CT molecular complexity index is 906. The molecule has 0 aliphatic heterocycles. The van der Waals surface area contributed by atoms with E-state index in [0.29, 0.717) is 15.8 Å². The van der Waals surface area contributed by atoms with Crippen molar-refractivity contribution in [3.63, 3.8) is 0 Å². The number of benzene rings is 2. The van der Waals surface area contributed by atoms with Gasteiger partial charge >= 0.3 is 6.18 Å². The second-order valence-electron chi connectivity index (χ2n) is 5.40. The number of alkyl halides is 3. The molecule has 0 saturated heterocycles. The van der Waals surface area contributed by atoms with E-state index in [-0.39, 0.29) is 21.4 Å². The number of carbonyl (C=O) groups is 1. The van der Waals surface area contributed by atoms with Crippen molar-refractivity contribution in [3.8, 4) is 5.75 Å². The topological polar surface area (TPSA) is 50.4 Å². The first-order valence-corrected chi connectivity index (χ1v) is 8.94. The van der Waals surface area contributed by atoms with Gasteiger partial charge in [0.1, 0.15) is 5.75 Å². The minimum atomic E-state index is -4.64. The Morgan fingerprint density at radius 1 is 1.26 bits per heavy atom. The number of aryl methyl sites for hydroxylation is 1. The lowest BCUT2D eigenvalue weighted by Crippen LogP contribution is -2.35. The van der Waals surface area contributed by atoms with E-state index < -0.39 is 17.6 Å². The van der Waals surface area contributed by atoms with Crippen molar-refractivity contribution in [1.82, 2.24) is 5.32 Å². The van der Waals surface area contributed by atoms with E-state index in [0.717, 1.165) is 12.1 Å². The second-order valence-corrected chi connectivity index (χ2v) is 7.16. The number of carbonyl (C=O) groups excluding carboxylic acids is 1. The molecule has 0 saturated carbocycles. The molecule has 10 heteroatoms. The number of nitrogens with one attached hydrogen (secondary N) is 2. The van der Waals surface area contributed by atoms with Gasteiger partial charge in [0.2, 0.25) is 0 Å². The first-order valence-electron chi connectivity index (χ1n) is 7.36. The standard InChI is InChI=1S/C17H13BrClF3N2O2S/c1-8-5-9(18)6-11(14(8)26-2)15(25)24-16(27)23-13-4-3-10(19)7-12(13)17(20,21)22/h3-7H,1-2H3,(H2,23,24,25,27). The minimum Gasteiger partial charge on any atom is -0.496 e. The number of anilines is 1. The number of halogens is 5. The van der Waals surface area contributed by atoms with Crippen molar-refractivity contribution in [2.45, 2.75) is 13.1 Å². The zero-order chi connectivity index (χ0) is 20.4. The third-order valence-corrected chi connectivity index (χ3v) is 4.35. The lowest BCUT2D eigenvalue weighted by atomic mass is 10.1. The van der Waals surface area contributed by atoms with E-state index in [2.05, 4.69) is 26.6 Å². The van der Waals surface area contributed by atoms with Crippen molar-refractivity contribution in [2.75, 3.05) is 12.4 Å². The summed E-state index contributed by atoms with van der Waals surface area (Å²) in [5.41, 5.74) is -0.439. The zero-order valence-electron chi connectivity index (χ0n) is 14.0. The van der Waals surface area contributed by atoms with Crippen LogP contribution in [0.25, 0.3) is 0 Å². The van der Waals surface area contributed by atoms with Crippen LogP contribution in [0.2, 0.25) is 5.02 Å². The summed E-state index contributed by atoms with van der Waals surface area (Å²) in [4.78, 5) is 12.5. The summed E-state index contributed by atoms with van der Waals surface area (Å²) in [6.45, 7) is 1.75. The molecular weight excluding hydrogens is 469 g/mol. The molecule has 0 fully saturated rings. The Balaban J connectivity index is 2.24. The molecule has 0 unspecified atom stereocenters. The highest BCUT2D eigenvalue weighted by Gasteiger charge is 2.34. The van der Waals surface area contributed by atoms with Crippen LogP contribution >= 0.6 is 39.7 Å². The molecule has 0 aromatic heterocycles.